The molecule has 21 heavy (non-hydrogen) atoms. The molecule has 0 spiro atoms. The van der Waals surface area contributed by atoms with Gasteiger partial charge in [-0.2, -0.15) is 0 Å². The summed E-state index contributed by atoms with van der Waals surface area (Å²) >= 11 is 5.73. The maximum atomic E-state index is 13.5. The highest BCUT2D eigenvalue weighted by atomic mass is 35.5. The van der Waals surface area contributed by atoms with Crippen molar-refractivity contribution in [3.05, 3.63) is 69.0 Å². The lowest BCUT2D eigenvalue weighted by Crippen LogP contribution is -2.15. The average molecular weight is 309 g/mol. The van der Waals surface area contributed by atoms with Gasteiger partial charge in [0.05, 0.1) is 17.0 Å². The average Bonchev–Trinajstić information content (AvgIpc) is 2.43. The molecular formula is C14H10ClFN2O3. The minimum atomic E-state index is -0.731. The van der Waals surface area contributed by atoms with E-state index in [1.54, 1.807) is 24.3 Å². The van der Waals surface area contributed by atoms with Gasteiger partial charge in [0.15, 0.2) is 0 Å². The third-order valence-corrected chi connectivity index (χ3v) is 2.96. The number of anilines is 1. The normalized spacial score (nSPS) is 10.2. The molecule has 0 heterocycles. The van der Waals surface area contributed by atoms with Gasteiger partial charge in [0, 0.05) is 17.2 Å². The number of benzene rings is 2. The summed E-state index contributed by atoms with van der Waals surface area (Å²) in [5.74, 6) is -1.21. The summed E-state index contributed by atoms with van der Waals surface area (Å²) in [6.07, 6.45) is 0.0132. The standard InChI is InChI=1S/C14H10ClFN2O3/c15-10-3-1-9(2-4-10)7-14(19)17-13-8-11(18(20)21)5-6-12(13)16/h1-6,8H,7H2,(H,17,19). The lowest BCUT2D eigenvalue weighted by Gasteiger charge is -2.06. The predicted octanol–water partition coefficient (Wildman–Crippen LogP) is 3.57. The summed E-state index contributed by atoms with van der Waals surface area (Å²) in [5.41, 5.74) is 0.184. The van der Waals surface area contributed by atoms with Crippen molar-refractivity contribution >= 4 is 28.9 Å². The molecule has 0 aliphatic carbocycles. The highest BCUT2D eigenvalue weighted by Gasteiger charge is 2.13. The van der Waals surface area contributed by atoms with Crippen molar-refractivity contribution in [3.63, 3.8) is 0 Å². The van der Waals surface area contributed by atoms with Crippen LogP contribution in [-0.4, -0.2) is 10.8 Å². The van der Waals surface area contributed by atoms with E-state index in [2.05, 4.69) is 5.32 Å². The van der Waals surface area contributed by atoms with Crippen molar-refractivity contribution in [2.75, 3.05) is 5.32 Å². The number of rotatable bonds is 4. The molecule has 0 unspecified atom stereocenters. The van der Waals surface area contributed by atoms with Crippen LogP contribution in [0.5, 0.6) is 0 Å². The van der Waals surface area contributed by atoms with E-state index in [0.29, 0.717) is 10.6 Å². The van der Waals surface area contributed by atoms with Gasteiger partial charge in [-0.15, -0.1) is 0 Å². The van der Waals surface area contributed by atoms with Crippen LogP contribution in [0.1, 0.15) is 5.56 Å². The zero-order valence-electron chi connectivity index (χ0n) is 10.7. The maximum absolute atomic E-state index is 13.5. The molecule has 108 valence electrons. The second-order valence-corrected chi connectivity index (χ2v) is 4.71. The number of carbonyl (C=O) groups is 1. The van der Waals surface area contributed by atoms with Gasteiger partial charge in [-0.05, 0) is 23.8 Å². The SMILES string of the molecule is O=C(Cc1ccc(Cl)cc1)Nc1cc([N+](=O)[O-])ccc1F. The van der Waals surface area contributed by atoms with Crippen molar-refractivity contribution in [2.45, 2.75) is 6.42 Å². The number of nitro benzene ring substituents is 1. The van der Waals surface area contributed by atoms with E-state index in [0.717, 1.165) is 18.2 Å². The van der Waals surface area contributed by atoms with Crippen molar-refractivity contribution in [1.29, 1.82) is 0 Å². The lowest BCUT2D eigenvalue weighted by atomic mass is 10.1. The second-order valence-electron chi connectivity index (χ2n) is 4.27. The molecule has 0 radical (unpaired) electrons. The fraction of sp³-hybridized carbons (Fsp3) is 0.0714. The Balaban J connectivity index is 2.10. The molecule has 0 fully saturated rings. The zero-order valence-corrected chi connectivity index (χ0v) is 11.4. The molecule has 0 aliphatic heterocycles. The van der Waals surface area contributed by atoms with Crippen LogP contribution in [-0.2, 0) is 11.2 Å². The summed E-state index contributed by atoms with van der Waals surface area (Å²) in [6, 6.07) is 9.57. The predicted molar refractivity (Wildman–Crippen MR) is 76.8 cm³/mol. The Morgan fingerprint density at radius 3 is 2.52 bits per heavy atom. The largest absolute Gasteiger partial charge is 0.323 e. The molecule has 0 saturated heterocycles. The number of carbonyl (C=O) groups excluding carboxylic acids is 1. The Labute approximate surface area is 124 Å². The van der Waals surface area contributed by atoms with E-state index < -0.39 is 16.6 Å². The summed E-state index contributed by atoms with van der Waals surface area (Å²) in [7, 11) is 0. The summed E-state index contributed by atoms with van der Waals surface area (Å²) in [4.78, 5) is 21.8. The van der Waals surface area contributed by atoms with Crippen LogP contribution in [0, 0.1) is 15.9 Å². The molecule has 5 nitrogen and oxygen atoms in total. The Bertz CT molecular complexity index is 689. The number of hydrogen-bond donors (Lipinski definition) is 1. The highest BCUT2D eigenvalue weighted by molar-refractivity contribution is 6.30. The van der Waals surface area contributed by atoms with E-state index in [1.807, 2.05) is 0 Å². The zero-order chi connectivity index (χ0) is 15.4. The topological polar surface area (TPSA) is 72.2 Å². The highest BCUT2D eigenvalue weighted by Crippen LogP contribution is 2.21. The number of hydrogen-bond acceptors (Lipinski definition) is 3. The van der Waals surface area contributed by atoms with Crippen LogP contribution in [0.3, 0.4) is 0 Å². The molecule has 7 heteroatoms. The summed E-state index contributed by atoms with van der Waals surface area (Å²) in [6.45, 7) is 0. The summed E-state index contributed by atoms with van der Waals surface area (Å²) < 4.78 is 13.5. The molecule has 1 N–H and O–H groups in total. The van der Waals surface area contributed by atoms with Crippen LogP contribution in [0.15, 0.2) is 42.5 Å². The molecular weight excluding hydrogens is 299 g/mol. The minimum Gasteiger partial charge on any atom is -0.323 e. The van der Waals surface area contributed by atoms with Gasteiger partial charge in [0.2, 0.25) is 5.91 Å². The Morgan fingerprint density at radius 1 is 1.24 bits per heavy atom. The van der Waals surface area contributed by atoms with Crippen molar-refractivity contribution < 1.29 is 14.1 Å². The van der Waals surface area contributed by atoms with Gasteiger partial charge in [0.1, 0.15) is 5.82 Å². The van der Waals surface area contributed by atoms with Crippen LogP contribution in [0.2, 0.25) is 5.02 Å². The van der Waals surface area contributed by atoms with Crippen molar-refractivity contribution in [3.8, 4) is 0 Å². The van der Waals surface area contributed by atoms with Gasteiger partial charge >= 0.3 is 0 Å². The first kappa shape index (κ1) is 14.9. The van der Waals surface area contributed by atoms with E-state index in [1.165, 1.54) is 0 Å². The quantitative estimate of drug-likeness (QED) is 0.693. The number of amides is 1. The molecule has 0 bridgehead atoms. The molecule has 2 rings (SSSR count). The third kappa shape index (κ3) is 4.00. The van der Waals surface area contributed by atoms with Crippen LogP contribution in [0.25, 0.3) is 0 Å². The Hall–Kier alpha value is -2.47. The van der Waals surface area contributed by atoms with Crippen molar-refractivity contribution in [2.24, 2.45) is 0 Å². The van der Waals surface area contributed by atoms with Gasteiger partial charge < -0.3 is 5.32 Å². The Morgan fingerprint density at radius 2 is 1.90 bits per heavy atom. The molecule has 0 aliphatic rings. The van der Waals surface area contributed by atoms with E-state index in [-0.39, 0.29) is 17.8 Å². The molecule has 2 aromatic rings. The number of nitrogens with zero attached hydrogens (tertiary/aromatic N) is 1. The second kappa shape index (κ2) is 6.32. The molecule has 2 aromatic carbocycles. The van der Waals surface area contributed by atoms with Crippen LogP contribution >= 0.6 is 11.6 Å². The minimum absolute atomic E-state index is 0.0132. The molecule has 1 amide bonds. The number of non-ortho nitro benzene ring substituents is 1. The van der Waals surface area contributed by atoms with E-state index >= 15 is 0 Å². The Kier molecular flexibility index (Phi) is 4.49. The van der Waals surface area contributed by atoms with Crippen LogP contribution < -0.4 is 5.32 Å². The molecule has 0 atom stereocenters. The first-order valence-electron chi connectivity index (χ1n) is 5.94. The fourth-order valence-electron chi connectivity index (χ4n) is 1.70. The smallest absolute Gasteiger partial charge is 0.271 e. The van der Waals surface area contributed by atoms with Crippen molar-refractivity contribution in [1.82, 2.24) is 0 Å². The number of nitrogens with one attached hydrogen (secondary N) is 1. The van der Waals surface area contributed by atoms with Gasteiger partial charge in [0.25, 0.3) is 5.69 Å². The molecule has 0 saturated carbocycles. The first-order chi connectivity index (χ1) is 9.95. The molecule has 0 aromatic heterocycles. The summed E-state index contributed by atoms with van der Waals surface area (Å²) in [5, 5.41) is 13.5. The van der Waals surface area contributed by atoms with Gasteiger partial charge in [-0.1, -0.05) is 23.7 Å². The van der Waals surface area contributed by atoms with E-state index in [9.17, 15) is 19.3 Å². The lowest BCUT2D eigenvalue weighted by molar-refractivity contribution is -0.384. The fourth-order valence-corrected chi connectivity index (χ4v) is 1.83. The van der Waals surface area contributed by atoms with Crippen LogP contribution in [0.4, 0.5) is 15.8 Å². The van der Waals surface area contributed by atoms with Gasteiger partial charge in [-0.3, -0.25) is 14.9 Å². The maximum Gasteiger partial charge on any atom is 0.271 e. The van der Waals surface area contributed by atoms with Gasteiger partial charge in [-0.25, -0.2) is 4.39 Å². The number of nitro groups is 1. The van der Waals surface area contributed by atoms with E-state index in [4.69, 9.17) is 11.6 Å². The monoisotopic (exact) mass is 308 g/mol. The first-order valence-corrected chi connectivity index (χ1v) is 6.32. The third-order valence-electron chi connectivity index (χ3n) is 2.71. The number of halogens is 2.